The van der Waals surface area contributed by atoms with Crippen LogP contribution in [0.4, 0.5) is 0 Å². The fourth-order valence-electron chi connectivity index (χ4n) is 0.935. The maximum absolute atomic E-state index is 2.29. The van der Waals surface area contributed by atoms with E-state index in [1.54, 1.807) is 0 Å². The van der Waals surface area contributed by atoms with Crippen LogP contribution >= 0.6 is 11.8 Å². The maximum Gasteiger partial charge on any atom is 0.0163 e. The van der Waals surface area contributed by atoms with Crippen molar-refractivity contribution in [2.75, 3.05) is 5.75 Å². The lowest BCUT2D eigenvalue weighted by Gasteiger charge is -2.00. The highest BCUT2D eigenvalue weighted by atomic mass is 32.2. The van der Waals surface area contributed by atoms with Crippen molar-refractivity contribution >= 4 is 11.8 Å². The molecule has 0 aliphatic rings. The number of hydrogen-bond donors (Lipinski definition) is 0. The fourth-order valence-corrected chi connectivity index (χ4v) is 1.71. The molecule has 0 aromatic carbocycles. The number of hydrogen-bond acceptors (Lipinski definition) is 1. The second-order valence-corrected chi connectivity index (χ2v) is 4.11. The monoisotopic (exact) mass is 185 g/mol. The highest BCUT2D eigenvalue weighted by molar-refractivity contribution is 8.01. The van der Waals surface area contributed by atoms with Crippen LogP contribution in [0.5, 0.6) is 0 Å². The fraction of sp³-hybridized carbons (Fsp3) is 0.727. The summed E-state index contributed by atoms with van der Waals surface area (Å²) in [5.41, 5.74) is 1.53. The van der Waals surface area contributed by atoms with Gasteiger partial charge in [0.25, 0.3) is 0 Å². The first-order chi connectivity index (χ1) is 5.81. The Bertz CT molecular complexity index is 116. The van der Waals surface area contributed by atoms with Gasteiger partial charge < -0.3 is 0 Å². The molecule has 0 aromatic rings. The largest absolute Gasteiger partial charge is 0.157 e. The van der Waals surface area contributed by atoms with Gasteiger partial charge in [0, 0.05) is 5.75 Å². The van der Waals surface area contributed by atoms with Crippen molar-refractivity contribution in [3.8, 4) is 0 Å². The Hall–Kier alpha value is 0.0900. The van der Waals surface area contributed by atoms with Crippen LogP contribution in [0.25, 0.3) is 0 Å². The highest BCUT2D eigenvalue weighted by Gasteiger charge is 1.91. The van der Waals surface area contributed by atoms with Gasteiger partial charge >= 0.3 is 0 Å². The molecule has 0 fully saturated rings. The van der Waals surface area contributed by atoms with E-state index in [4.69, 9.17) is 0 Å². The number of rotatable bonds is 7. The van der Waals surface area contributed by atoms with Crippen LogP contribution in [0.2, 0.25) is 0 Å². The quantitative estimate of drug-likeness (QED) is 0.418. The molecule has 0 spiro atoms. The highest BCUT2D eigenvalue weighted by Crippen LogP contribution is 2.13. The molecule has 0 aliphatic carbocycles. The van der Waals surface area contributed by atoms with E-state index >= 15 is 0 Å². The second-order valence-electron chi connectivity index (χ2n) is 3.04. The van der Waals surface area contributed by atoms with Gasteiger partial charge in [0.1, 0.15) is 0 Å². The summed E-state index contributed by atoms with van der Waals surface area (Å²) in [6.45, 7) is 6.53. The Morgan fingerprint density at radius 1 is 1.33 bits per heavy atom. The van der Waals surface area contributed by atoms with Gasteiger partial charge in [-0.2, -0.15) is 11.8 Å². The number of thioether (sulfide) groups is 1. The zero-order valence-electron chi connectivity index (χ0n) is 8.60. The summed E-state index contributed by atoms with van der Waals surface area (Å²) in [5.74, 6) is 3.59. The van der Waals surface area contributed by atoms with E-state index in [9.17, 15) is 0 Å². The Morgan fingerprint density at radius 2 is 2.08 bits per heavy atom. The molecule has 0 nitrogen and oxygen atoms in total. The molecule has 1 heteroatoms. The lowest BCUT2D eigenvalue weighted by atomic mass is 10.1. The van der Waals surface area contributed by atoms with Crippen LogP contribution in [-0.4, -0.2) is 5.75 Å². The molecule has 0 saturated heterocycles. The zero-order valence-corrected chi connectivity index (χ0v) is 9.41. The predicted molar refractivity (Wildman–Crippen MR) is 60.3 cm³/mol. The van der Waals surface area contributed by atoms with Crippen molar-refractivity contribution in [2.45, 2.75) is 46.5 Å². The minimum atomic E-state index is 1.19. The van der Waals surface area contributed by atoms with Gasteiger partial charge in [0.15, 0.2) is 0 Å². The first kappa shape index (κ1) is 12.1. The number of allylic oxidation sites excluding steroid dienone is 2. The summed E-state index contributed by atoms with van der Waals surface area (Å²) in [6.07, 6.45) is 7.39. The van der Waals surface area contributed by atoms with Gasteiger partial charge in [0.05, 0.1) is 0 Å². The normalized spacial score (nSPS) is 12.1. The molecule has 1 radical (unpaired) electrons. The molecule has 0 aliphatic heterocycles. The summed E-state index contributed by atoms with van der Waals surface area (Å²) in [4.78, 5) is 0. The van der Waals surface area contributed by atoms with Gasteiger partial charge in [-0.15, -0.1) is 0 Å². The number of unbranched alkanes of at least 4 members (excludes halogenated alkanes) is 1. The molecule has 0 atom stereocenters. The van der Waals surface area contributed by atoms with Gasteiger partial charge in [-0.25, -0.2) is 0 Å². The van der Waals surface area contributed by atoms with E-state index in [1.165, 1.54) is 37.0 Å². The second kappa shape index (κ2) is 9.18. The zero-order chi connectivity index (χ0) is 9.23. The van der Waals surface area contributed by atoms with Crippen molar-refractivity contribution in [1.82, 2.24) is 0 Å². The molecule has 71 valence electrons. The minimum absolute atomic E-state index is 1.19. The smallest absolute Gasteiger partial charge is 0.0163 e. The van der Waals surface area contributed by atoms with Crippen LogP contribution in [-0.2, 0) is 0 Å². The lowest BCUT2D eigenvalue weighted by molar-refractivity contribution is 0.793. The molecule has 12 heavy (non-hydrogen) atoms. The van der Waals surface area contributed by atoms with E-state index < -0.39 is 0 Å². The standard InChI is InChI=1S/C11H21S/c1-4-9-12-10-7-6-8-11(3)5-2/h5,9H,4,6-8,10H2,1-3H3/b11-5+. The first-order valence-corrected chi connectivity index (χ1v) is 5.91. The van der Waals surface area contributed by atoms with Crippen LogP contribution < -0.4 is 0 Å². The average Bonchev–Trinajstić information content (AvgIpc) is 2.10. The molecular weight excluding hydrogens is 164 g/mol. The van der Waals surface area contributed by atoms with E-state index in [0.29, 0.717) is 0 Å². The van der Waals surface area contributed by atoms with Gasteiger partial charge in [0.2, 0.25) is 0 Å². The minimum Gasteiger partial charge on any atom is -0.157 e. The van der Waals surface area contributed by atoms with E-state index in [1.807, 2.05) is 11.8 Å². The van der Waals surface area contributed by atoms with E-state index in [0.717, 1.165) is 0 Å². The summed E-state index contributed by atoms with van der Waals surface area (Å²) in [6, 6.07) is 0. The van der Waals surface area contributed by atoms with Crippen molar-refractivity contribution < 1.29 is 0 Å². The molecule has 0 saturated carbocycles. The predicted octanol–water partition coefficient (Wildman–Crippen LogP) is 4.43. The van der Waals surface area contributed by atoms with Crippen LogP contribution in [0.3, 0.4) is 0 Å². The molecule has 0 N–H and O–H groups in total. The molecule has 0 aromatic heterocycles. The third-order valence-corrected chi connectivity index (χ3v) is 2.95. The van der Waals surface area contributed by atoms with Gasteiger partial charge in [-0.1, -0.05) is 18.6 Å². The van der Waals surface area contributed by atoms with Crippen molar-refractivity contribution in [1.29, 1.82) is 0 Å². The Morgan fingerprint density at radius 3 is 2.67 bits per heavy atom. The van der Waals surface area contributed by atoms with Crippen LogP contribution in [0.15, 0.2) is 11.6 Å². The van der Waals surface area contributed by atoms with E-state index in [2.05, 4.69) is 32.6 Å². The summed E-state index contributed by atoms with van der Waals surface area (Å²) < 4.78 is 0. The average molecular weight is 185 g/mol. The van der Waals surface area contributed by atoms with E-state index in [-0.39, 0.29) is 0 Å². The third-order valence-electron chi connectivity index (χ3n) is 1.86. The summed E-state index contributed by atoms with van der Waals surface area (Å²) in [7, 11) is 0. The molecule has 0 heterocycles. The Kier molecular flexibility index (Phi) is 9.25. The van der Waals surface area contributed by atoms with Gasteiger partial charge in [-0.05, 0) is 45.3 Å². The molecule has 0 rings (SSSR count). The maximum atomic E-state index is 2.29. The first-order valence-electron chi connectivity index (χ1n) is 4.86. The lowest BCUT2D eigenvalue weighted by Crippen LogP contribution is -1.82. The van der Waals surface area contributed by atoms with Crippen LogP contribution in [0.1, 0.15) is 46.5 Å². The topological polar surface area (TPSA) is 0 Å². The van der Waals surface area contributed by atoms with Gasteiger partial charge in [-0.3, -0.25) is 0 Å². The SMILES string of the molecule is C/C=C(\C)CCCCS[CH]CC. The summed E-state index contributed by atoms with van der Waals surface area (Å²) in [5, 5.41) is 0. The van der Waals surface area contributed by atoms with Crippen LogP contribution in [0, 0.1) is 5.75 Å². The molecule has 0 unspecified atom stereocenters. The third kappa shape index (κ3) is 8.19. The van der Waals surface area contributed by atoms with Crippen molar-refractivity contribution in [3.05, 3.63) is 17.4 Å². The summed E-state index contributed by atoms with van der Waals surface area (Å²) >= 11 is 1.97. The Labute approximate surface area is 81.8 Å². The molecule has 0 bridgehead atoms. The molecule has 0 amide bonds. The Balaban J connectivity index is 3.00. The van der Waals surface area contributed by atoms with Crippen molar-refractivity contribution in [3.63, 3.8) is 0 Å². The molecular formula is C11H21S. The van der Waals surface area contributed by atoms with Crippen molar-refractivity contribution in [2.24, 2.45) is 0 Å².